The number of carboxylic acid groups (broad SMARTS) is 1. The van der Waals surface area contributed by atoms with Gasteiger partial charge < -0.3 is 15.3 Å². The maximum absolute atomic E-state index is 12.6. The van der Waals surface area contributed by atoms with Crippen LogP contribution in [0.3, 0.4) is 0 Å². The number of rotatable bonds is 3. The number of H-pyrrole nitrogens is 1. The first kappa shape index (κ1) is 17.0. The molecule has 0 radical (unpaired) electrons. The molecule has 1 aliphatic rings. The summed E-state index contributed by atoms with van der Waals surface area (Å²) < 4.78 is 0. The standard InChI is InChI=1S/C19H19N5O3/c1-11-16(4-5-24(11)19(26)27)18(25)23-17-7-14-6-12(15-9-21-22-10-15)2-3-13(14)8-20-17/h2-3,6-11,16H,4-5H2,1H3,(H,21,22)(H,26,27)(H,20,23,25)/t11-,16-/m0/s1. The van der Waals surface area contributed by atoms with Crippen molar-refractivity contribution in [3.63, 3.8) is 0 Å². The van der Waals surface area contributed by atoms with E-state index in [2.05, 4.69) is 20.5 Å². The topological polar surface area (TPSA) is 111 Å². The first-order valence-corrected chi connectivity index (χ1v) is 8.72. The first-order valence-electron chi connectivity index (χ1n) is 8.72. The molecule has 0 unspecified atom stereocenters. The summed E-state index contributed by atoms with van der Waals surface area (Å²) in [4.78, 5) is 29.4. The van der Waals surface area contributed by atoms with Crippen molar-refractivity contribution in [2.45, 2.75) is 19.4 Å². The average Bonchev–Trinajstić information content (AvgIpc) is 3.30. The van der Waals surface area contributed by atoms with E-state index in [9.17, 15) is 14.7 Å². The molecule has 1 fully saturated rings. The Morgan fingerprint density at radius 1 is 1.22 bits per heavy atom. The van der Waals surface area contributed by atoms with E-state index in [1.54, 1.807) is 19.3 Å². The SMILES string of the molecule is C[C@H]1[C@@H](C(=O)Nc2cc3cc(-c4cn[nH]c4)ccc3cn2)CCN1C(=O)O. The number of fused-ring (bicyclic) bond motifs is 1. The minimum atomic E-state index is -0.992. The van der Waals surface area contributed by atoms with Gasteiger partial charge in [-0.2, -0.15) is 5.10 Å². The summed E-state index contributed by atoms with van der Waals surface area (Å²) >= 11 is 0. The molecule has 3 N–H and O–H groups in total. The molecule has 8 nitrogen and oxygen atoms in total. The zero-order valence-electron chi connectivity index (χ0n) is 14.7. The molecule has 1 aromatic carbocycles. The lowest BCUT2D eigenvalue weighted by atomic mass is 10.0. The van der Waals surface area contributed by atoms with Crippen LogP contribution in [0.15, 0.2) is 42.9 Å². The molecule has 0 spiro atoms. The van der Waals surface area contributed by atoms with Gasteiger partial charge in [-0.15, -0.1) is 0 Å². The second-order valence-electron chi connectivity index (χ2n) is 6.72. The summed E-state index contributed by atoms with van der Waals surface area (Å²) in [7, 11) is 0. The van der Waals surface area contributed by atoms with Gasteiger partial charge in [-0.1, -0.05) is 12.1 Å². The first-order chi connectivity index (χ1) is 13.0. The van der Waals surface area contributed by atoms with E-state index in [-0.39, 0.29) is 17.9 Å². The fraction of sp³-hybridized carbons (Fsp3) is 0.263. The summed E-state index contributed by atoms with van der Waals surface area (Å²) in [5, 5.41) is 20.7. The van der Waals surface area contributed by atoms with E-state index in [0.29, 0.717) is 18.8 Å². The lowest BCUT2D eigenvalue weighted by Crippen LogP contribution is -2.38. The number of benzene rings is 1. The second kappa shape index (κ2) is 6.71. The fourth-order valence-electron chi connectivity index (χ4n) is 3.58. The predicted octanol–water partition coefficient (Wildman–Crippen LogP) is 2.95. The number of likely N-dealkylation sites (tertiary alicyclic amines) is 1. The zero-order chi connectivity index (χ0) is 19.0. The molecule has 0 bridgehead atoms. The van der Waals surface area contributed by atoms with Crippen molar-refractivity contribution < 1.29 is 14.7 Å². The van der Waals surface area contributed by atoms with Gasteiger partial charge in [0.15, 0.2) is 0 Å². The Balaban J connectivity index is 1.55. The third kappa shape index (κ3) is 3.21. The highest BCUT2D eigenvalue weighted by atomic mass is 16.4. The van der Waals surface area contributed by atoms with E-state index >= 15 is 0 Å². The van der Waals surface area contributed by atoms with Gasteiger partial charge in [0.2, 0.25) is 5.91 Å². The van der Waals surface area contributed by atoms with Crippen LogP contribution in [0, 0.1) is 5.92 Å². The number of carbonyl (C=O) groups is 2. The molecule has 27 heavy (non-hydrogen) atoms. The average molecular weight is 365 g/mol. The molecule has 2 aromatic heterocycles. The Kier molecular flexibility index (Phi) is 4.23. The van der Waals surface area contributed by atoms with Crippen LogP contribution in [0.1, 0.15) is 13.3 Å². The number of aromatic nitrogens is 3. The summed E-state index contributed by atoms with van der Waals surface area (Å²) in [6.07, 6.45) is 4.80. The maximum Gasteiger partial charge on any atom is 0.407 e. The Morgan fingerprint density at radius 3 is 2.78 bits per heavy atom. The number of anilines is 1. The minimum Gasteiger partial charge on any atom is -0.465 e. The molecule has 3 aromatic rings. The van der Waals surface area contributed by atoms with Crippen molar-refractivity contribution >= 4 is 28.6 Å². The lowest BCUT2D eigenvalue weighted by molar-refractivity contribution is -0.120. The molecule has 4 rings (SSSR count). The van der Waals surface area contributed by atoms with Gasteiger partial charge in [0.05, 0.1) is 12.1 Å². The summed E-state index contributed by atoms with van der Waals surface area (Å²) in [5.41, 5.74) is 1.99. The van der Waals surface area contributed by atoms with Crippen LogP contribution >= 0.6 is 0 Å². The van der Waals surface area contributed by atoms with Crippen molar-refractivity contribution in [1.82, 2.24) is 20.1 Å². The molecular formula is C19H19N5O3. The Bertz CT molecular complexity index is 1000. The molecule has 1 saturated heterocycles. The van der Waals surface area contributed by atoms with Gasteiger partial charge in [-0.05, 0) is 36.4 Å². The number of carbonyl (C=O) groups excluding carboxylic acids is 1. The predicted molar refractivity (Wildman–Crippen MR) is 100 cm³/mol. The molecule has 138 valence electrons. The highest BCUT2D eigenvalue weighted by molar-refractivity contribution is 5.95. The summed E-state index contributed by atoms with van der Waals surface area (Å²) in [6, 6.07) is 7.46. The highest BCUT2D eigenvalue weighted by Gasteiger charge is 2.38. The quantitative estimate of drug-likeness (QED) is 0.661. The van der Waals surface area contributed by atoms with Gasteiger partial charge in [0.25, 0.3) is 0 Å². The largest absolute Gasteiger partial charge is 0.465 e. The van der Waals surface area contributed by atoms with Crippen molar-refractivity contribution in [2.24, 2.45) is 5.92 Å². The third-order valence-electron chi connectivity index (χ3n) is 5.14. The summed E-state index contributed by atoms with van der Waals surface area (Å²) in [6.45, 7) is 2.13. The van der Waals surface area contributed by atoms with E-state index in [1.807, 2.05) is 30.5 Å². The Morgan fingerprint density at radius 2 is 2.07 bits per heavy atom. The van der Waals surface area contributed by atoms with Gasteiger partial charge in [-0.25, -0.2) is 9.78 Å². The number of aromatic amines is 1. The maximum atomic E-state index is 12.6. The van der Waals surface area contributed by atoms with Crippen molar-refractivity contribution in [1.29, 1.82) is 0 Å². The molecule has 3 heterocycles. The van der Waals surface area contributed by atoms with Crippen molar-refractivity contribution in [3.8, 4) is 11.1 Å². The van der Waals surface area contributed by atoms with E-state index in [1.165, 1.54) is 4.90 Å². The minimum absolute atomic E-state index is 0.205. The molecule has 2 atom stereocenters. The van der Waals surface area contributed by atoms with Crippen LogP contribution < -0.4 is 5.32 Å². The van der Waals surface area contributed by atoms with Crippen LogP contribution in [-0.4, -0.2) is 49.8 Å². The van der Waals surface area contributed by atoms with E-state index < -0.39 is 6.09 Å². The number of nitrogens with one attached hydrogen (secondary N) is 2. The molecule has 8 heteroatoms. The number of hydrogen-bond acceptors (Lipinski definition) is 4. The third-order valence-corrected chi connectivity index (χ3v) is 5.14. The van der Waals surface area contributed by atoms with Gasteiger partial charge in [0.1, 0.15) is 5.82 Å². The van der Waals surface area contributed by atoms with Crippen molar-refractivity contribution in [2.75, 3.05) is 11.9 Å². The lowest BCUT2D eigenvalue weighted by Gasteiger charge is -2.21. The van der Waals surface area contributed by atoms with Gasteiger partial charge in [0, 0.05) is 35.9 Å². The second-order valence-corrected chi connectivity index (χ2v) is 6.72. The molecular weight excluding hydrogens is 346 g/mol. The normalized spacial score (nSPS) is 19.4. The van der Waals surface area contributed by atoms with Crippen LogP contribution in [-0.2, 0) is 4.79 Å². The van der Waals surface area contributed by atoms with Crippen LogP contribution in [0.25, 0.3) is 21.9 Å². The highest BCUT2D eigenvalue weighted by Crippen LogP contribution is 2.27. The Hall–Kier alpha value is -3.42. The molecule has 1 aliphatic heterocycles. The zero-order valence-corrected chi connectivity index (χ0v) is 14.7. The summed E-state index contributed by atoms with van der Waals surface area (Å²) in [5.74, 6) is -0.127. The number of nitrogens with zero attached hydrogens (tertiary/aromatic N) is 3. The van der Waals surface area contributed by atoms with Crippen LogP contribution in [0.2, 0.25) is 0 Å². The fourth-order valence-corrected chi connectivity index (χ4v) is 3.58. The van der Waals surface area contributed by atoms with Crippen LogP contribution in [0.5, 0.6) is 0 Å². The van der Waals surface area contributed by atoms with E-state index in [4.69, 9.17) is 0 Å². The molecule has 0 saturated carbocycles. The van der Waals surface area contributed by atoms with Crippen molar-refractivity contribution in [3.05, 3.63) is 42.9 Å². The smallest absolute Gasteiger partial charge is 0.407 e. The van der Waals surface area contributed by atoms with E-state index in [0.717, 1.165) is 21.9 Å². The molecule has 0 aliphatic carbocycles. The molecule has 2 amide bonds. The van der Waals surface area contributed by atoms with Gasteiger partial charge in [-0.3, -0.25) is 9.89 Å². The number of hydrogen-bond donors (Lipinski definition) is 3. The number of amides is 2. The monoisotopic (exact) mass is 365 g/mol. The Labute approximate surface area is 155 Å². The van der Waals surface area contributed by atoms with Gasteiger partial charge >= 0.3 is 6.09 Å². The number of pyridine rings is 1. The van der Waals surface area contributed by atoms with Crippen LogP contribution in [0.4, 0.5) is 10.6 Å².